The van der Waals surface area contributed by atoms with Gasteiger partial charge in [0.2, 0.25) is 21.8 Å². The lowest BCUT2D eigenvalue weighted by Gasteiger charge is -2.28. The van der Waals surface area contributed by atoms with Crippen LogP contribution in [0, 0.1) is 11.8 Å². The first-order valence-electron chi connectivity index (χ1n) is 10.8. The highest BCUT2D eigenvalue weighted by Crippen LogP contribution is 2.25. The Morgan fingerprint density at radius 2 is 1.61 bits per heavy atom. The van der Waals surface area contributed by atoms with Crippen molar-refractivity contribution in [1.29, 1.82) is 0 Å². The van der Waals surface area contributed by atoms with E-state index in [2.05, 4.69) is 5.43 Å². The van der Waals surface area contributed by atoms with Crippen LogP contribution in [0.15, 0.2) is 66.7 Å². The van der Waals surface area contributed by atoms with Gasteiger partial charge in [0.15, 0.2) is 0 Å². The molecule has 0 aliphatic heterocycles. The zero-order valence-corrected chi connectivity index (χ0v) is 19.7. The fourth-order valence-corrected chi connectivity index (χ4v) is 4.24. The van der Waals surface area contributed by atoms with Crippen molar-refractivity contribution in [3.8, 4) is 0 Å². The third kappa shape index (κ3) is 8.03. The maximum Gasteiger partial charge on any atom is 0.249 e. The van der Waals surface area contributed by atoms with E-state index < -0.39 is 33.7 Å². The molecule has 0 saturated heterocycles. The van der Waals surface area contributed by atoms with Gasteiger partial charge in [0.05, 0.1) is 23.8 Å². The smallest absolute Gasteiger partial charge is 0.249 e. The summed E-state index contributed by atoms with van der Waals surface area (Å²) in [4.78, 5) is 25.8. The highest BCUT2D eigenvalue weighted by Gasteiger charge is 2.34. The van der Waals surface area contributed by atoms with Crippen molar-refractivity contribution in [2.45, 2.75) is 32.6 Å². The molecule has 0 aliphatic rings. The Balaban J connectivity index is 2.30. The Morgan fingerprint density at radius 3 is 2.15 bits per heavy atom. The number of hydrogen-bond acceptors (Lipinski definition) is 5. The minimum atomic E-state index is -3.83. The second-order valence-corrected chi connectivity index (χ2v) is 9.55. The second-order valence-electron chi connectivity index (χ2n) is 7.72. The molecule has 2 atom stereocenters. The van der Waals surface area contributed by atoms with Gasteiger partial charge in [0.25, 0.3) is 0 Å². The van der Waals surface area contributed by atoms with Gasteiger partial charge in [0.1, 0.15) is 0 Å². The first kappa shape index (κ1) is 26.1. The Labute approximate surface area is 195 Å². The number of benzene rings is 2. The van der Waals surface area contributed by atoms with Crippen LogP contribution in [0.4, 0.5) is 5.69 Å². The summed E-state index contributed by atoms with van der Waals surface area (Å²) in [5.41, 5.74) is 5.33. The Kier molecular flexibility index (Phi) is 10.1. The largest absolute Gasteiger partial charge is 0.289 e. The second kappa shape index (κ2) is 12.8. The average molecular weight is 474 g/mol. The van der Waals surface area contributed by atoms with E-state index in [1.54, 1.807) is 41.9 Å². The minimum absolute atomic E-state index is 0.188. The van der Waals surface area contributed by atoms with Crippen molar-refractivity contribution >= 4 is 33.6 Å². The number of rotatable bonds is 12. The summed E-state index contributed by atoms with van der Waals surface area (Å²) in [6, 6.07) is 17.6. The van der Waals surface area contributed by atoms with Gasteiger partial charge in [-0.1, -0.05) is 80.4 Å². The molecule has 0 fully saturated rings. The molecule has 9 heteroatoms. The molecule has 0 radical (unpaired) electrons. The van der Waals surface area contributed by atoms with Crippen molar-refractivity contribution in [1.82, 2.24) is 10.9 Å². The number of hydrogen-bond donors (Lipinski definition) is 3. The molecule has 0 aromatic heterocycles. The Hall–Kier alpha value is -3.17. The van der Waals surface area contributed by atoms with Crippen LogP contribution in [0.2, 0.25) is 0 Å². The third-order valence-electron chi connectivity index (χ3n) is 5.17. The highest BCUT2D eigenvalue weighted by molar-refractivity contribution is 7.92. The molecular formula is C24H31N3O5S. The highest BCUT2D eigenvalue weighted by atomic mass is 32.2. The molecule has 0 aliphatic carbocycles. The number of para-hydroxylation sites is 1. The van der Waals surface area contributed by atoms with Crippen molar-refractivity contribution in [2.75, 3.05) is 10.7 Å². The van der Waals surface area contributed by atoms with E-state index in [1.807, 2.05) is 43.3 Å². The molecular weight excluding hydrogens is 442 g/mol. The summed E-state index contributed by atoms with van der Waals surface area (Å²) in [5, 5.41) is 9.31. The van der Waals surface area contributed by atoms with Gasteiger partial charge in [-0.15, -0.1) is 0 Å². The van der Waals surface area contributed by atoms with E-state index in [9.17, 15) is 23.2 Å². The third-order valence-corrected chi connectivity index (χ3v) is 6.14. The van der Waals surface area contributed by atoms with E-state index in [0.717, 1.165) is 22.7 Å². The van der Waals surface area contributed by atoms with Gasteiger partial charge in [-0.05, 0) is 30.5 Å². The number of allylic oxidation sites excluding steroid dienone is 1. The van der Waals surface area contributed by atoms with Crippen LogP contribution in [0.1, 0.15) is 38.2 Å². The fourth-order valence-electron chi connectivity index (χ4n) is 3.48. The van der Waals surface area contributed by atoms with E-state index in [0.29, 0.717) is 12.8 Å². The normalized spacial score (nSPS) is 13.3. The predicted molar refractivity (Wildman–Crippen MR) is 128 cm³/mol. The maximum absolute atomic E-state index is 13.3. The maximum atomic E-state index is 13.3. The zero-order chi connectivity index (χ0) is 24.3. The van der Waals surface area contributed by atoms with Crippen LogP contribution in [-0.4, -0.2) is 31.7 Å². The molecule has 0 spiro atoms. The zero-order valence-electron chi connectivity index (χ0n) is 18.8. The number of hydroxylamine groups is 1. The number of nitrogens with one attached hydrogen (secondary N) is 2. The van der Waals surface area contributed by atoms with Crippen LogP contribution in [0.5, 0.6) is 0 Å². The van der Waals surface area contributed by atoms with E-state index >= 15 is 0 Å². The Bertz CT molecular complexity index is 1030. The predicted octanol–water partition coefficient (Wildman–Crippen LogP) is 3.52. The lowest BCUT2D eigenvalue weighted by molar-refractivity contribution is -0.140. The SMILES string of the molecule is CCCC[C@@H](C(=O)NN(c1ccccc1)S(C)(=O)=O)[C@H](C/C=C/c1ccccc1)C(=O)NO. The lowest BCUT2D eigenvalue weighted by Crippen LogP contribution is -2.50. The van der Waals surface area contributed by atoms with E-state index in [1.165, 1.54) is 0 Å². The minimum Gasteiger partial charge on any atom is -0.289 e. The summed E-state index contributed by atoms with van der Waals surface area (Å²) >= 11 is 0. The number of unbranched alkanes of at least 4 members (excludes halogenated alkanes) is 1. The summed E-state index contributed by atoms with van der Waals surface area (Å²) in [5.74, 6) is -3.06. The molecule has 2 aromatic carbocycles. The van der Waals surface area contributed by atoms with Gasteiger partial charge in [-0.2, -0.15) is 4.41 Å². The van der Waals surface area contributed by atoms with Crippen LogP contribution >= 0.6 is 0 Å². The quantitative estimate of drug-likeness (QED) is 0.322. The van der Waals surface area contributed by atoms with Gasteiger partial charge in [0, 0.05) is 0 Å². The number of amides is 2. The molecule has 178 valence electrons. The molecule has 33 heavy (non-hydrogen) atoms. The van der Waals surface area contributed by atoms with Crippen LogP contribution in [0.3, 0.4) is 0 Å². The molecule has 0 saturated carbocycles. The first-order chi connectivity index (χ1) is 15.8. The molecule has 2 amide bonds. The van der Waals surface area contributed by atoms with E-state index in [-0.39, 0.29) is 12.1 Å². The van der Waals surface area contributed by atoms with Gasteiger partial charge in [-0.25, -0.2) is 13.9 Å². The summed E-state index contributed by atoms with van der Waals surface area (Å²) in [7, 11) is -3.83. The summed E-state index contributed by atoms with van der Waals surface area (Å²) in [6.45, 7) is 1.96. The molecule has 8 nitrogen and oxygen atoms in total. The molecule has 0 bridgehead atoms. The molecule has 0 heterocycles. The number of carbonyl (C=O) groups excluding carboxylic acids is 2. The van der Waals surface area contributed by atoms with E-state index in [4.69, 9.17) is 0 Å². The van der Waals surface area contributed by atoms with Crippen molar-refractivity contribution in [3.05, 3.63) is 72.3 Å². The summed E-state index contributed by atoms with van der Waals surface area (Å²) < 4.78 is 25.6. The number of hydrazine groups is 1. The van der Waals surface area contributed by atoms with Crippen LogP contribution < -0.4 is 15.3 Å². The van der Waals surface area contributed by atoms with Crippen LogP contribution in [-0.2, 0) is 19.6 Å². The van der Waals surface area contributed by atoms with Crippen molar-refractivity contribution < 1.29 is 23.2 Å². The number of anilines is 1. The fraction of sp³-hybridized carbons (Fsp3) is 0.333. The Morgan fingerprint density at radius 1 is 1.00 bits per heavy atom. The average Bonchev–Trinajstić information content (AvgIpc) is 2.81. The first-order valence-corrected chi connectivity index (χ1v) is 12.6. The monoisotopic (exact) mass is 473 g/mol. The number of sulfonamides is 1. The van der Waals surface area contributed by atoms with Gasteiger partial charge < -0.3 is 0 Å². The number of nitrogens with zero attached hydrogens (tertiary/aromatic N) is 1. The van der Waals surface area contributed by atoms with Crippen molar-refractivity contribution in [3.63, 3.8) is 0 Å². The lowest BCUT2D eigenvalue weighted by atomic mass is 9.84. The molecule has 0 unspecified atom stereocenters. The standard InChI is InChI=1S/C24H31N3O5S/c1-3-4-17-21(22(24(29)26-30)18-11-14-19-12-7-5-8-13-19)23(28)25-27(33(2,31)32)20-15-9-6-10-16-20/h5-16,21-22,30H,3-4,17-18H2,1-2H3,(H,25,28)(H,26,29)/b14-11+/t21-,22+/m1/s1. The topological polar surface area (TPSA) is 116 Å². The van der Waals surface area contributed by atoms with Crippen LogP contribution in [0.25, 0.3) is 6.08 Å². The molecule has 2 rings (SSSR count). The van der Waals surface area contributed by atoms with Gasteiger partial charge >= 0.3 is 0 Å². The summed E-state index contributed by atoms with van der Waals surface area (Å²) in [6.07, 6.45) is 6.57. The van der Waals surface area contributed by atoms with Crippen molar-refractivity contribution in [2.24, 2.45) is 11.8 Å². The molecule has 2 aromatic rings. The molecule has 3 N–H and O–H groups in total. The van der Waals surface area contributed by atoms with Gasteiger partial charge in [-0.3, -0.25) is 20.2 Å². The number of carbonyl (C=O) groups is 2.